The molecule has 0 spiro atoms. The molecule has 0 aromatic heterocycles. The molecule has 1 aromatic carbocycles. The van der Waals surface area contributed by atoms with Gasteiger partial charge in [-0.1, -0.05) is 23.2 Å². The first-order valence-electron chi connectivity index (χ1n) is 6.05. The molecule has 3 N–H and O–H groups in total. The van der Waals surface area contributed by atoms with Crippen LogP contribution < -0.4 is 11.1 Å². The molecule has 1 amide bonds. The summed E-state index contributed by atoms with van der Waals surface area (Å²) in [6, 6.07) is 2.48. The van der Waals surface area contributed by atoms with E-state index in [0.29, 0.717) is 6.61 Å². The van der Waals surface area contributed by atoms with Gasteiger partial charge in [0, 0.05) is 13.2 Å². The van der Waals surface area contributed by atoms with Crippen molar-refractivity contribution in [3.63, 3.8) is 0 Å². The number of halogens is 2. The normalized spacial score (nSPS) is 11.8. The van der Waals surface area contributed by atoms with Gasteiger partial charge < -0.3 is 20.5 Å². The van der Waals surface area contributed by atoms with E-state index in [2.05, 4.69) is 5.32 Å². The molecule has 0 aliphatic carbocycles. The van der Waals surface area contributed by atoms with Gasteiger partial charge in [-0.25, -0.2) is 4.79 Å². The zero-order valence-electron chi connectivity index (χ0n) is 11.6. The third kappa shape index (κ3) is 5.41. The number of hydrogen-bond acceptors (Lipinski definition) is 5. The van der Waals surface area contributed by atoms with E-state index < -0.39 is 18.5 Å². The van der Waals surface area contributed by atoms with Crippen molar-refractivity contribution in [3.8, 4) is 0 Å². The molecule has 0 heterocycles. The Morgan fingerprint density at radius 1 is 1.38 bits per heavy atom. The fourth-order valence-corrected chi connectivity index (χ4v) is 1.89. The minimum Gasteiger partial charge on any atom is -0.452 e. The lowest BCUT2D eigenvalue weighted by atomic mass is 10.2. The molecule has 21 heavy (non-hydrogen) atoms. The third-order valence-corrected chi connectivity index (χ3v) is 3.27. The van der Waals surface area contributed by atoms with Crippen LogP contribution in [0.15, 0.2) is 12.1 Å². The maximum atomic E-state index is 11.8. The molecule has 0 fully saturated rings. The SMILES string of the molecule is COCC(C)NC(=O)COC(=O)c1cc(N)c(Cl)c(Cl)c1. The lowest BCUT2D eigenvalue weighted by molar-refractivity contribution is -0.125. The second kappa shape index (κ2) is 8.07. The number of carbonyl (C=O) groups is 2. The van der Waals surface area contributed by atoms with Crippen LogP contribution in [0.2, 0.25) is 10.0 Å². The highest BCUT2D eigenvalue weighted by atomic mass is 35.5. The number of anilines is 1. The monoisotopic (exact) mass is 334 g/mol. The van der Waals surface area contributed by atoms with Crippen LogP contribution in [0.25, 0.3) is 0 Å². The highest BCUT2D eigenvalue weighted by molar-refractivity contribution is 6.43. The zero-order chi connectivity index (χ0) is 16.0. The van der Waals surface area contributed by atoms with Gasteiger partial charge in [-0.2, -0.15) is 0 Å². The lowest BCUT2D eigenvalue weighted by Crippen LogP contribution is -2.38. The molecule has 1 atom stereocenters. The number of hydrogen-bond donors (Lipinski definition) is 2. The van der Waals surface area contributed by atoms with Gasteiger partial charge in [0.25, 0.3) is 5.91 Å². The first-order valence-corrected chi connectivity index (χ1v) is 6.80. The van der Waals surface area contributed by atoms with E-state index in [1.807, 2.05) is 0 Å². The van der Waals surface area contributed by atoms with E-state index in [-0.39, 0.29) is 27.3 Å². The first kappa shape index (κ1) is 17.6. The largest absolute Gasteiger partial charge is 0.452 e. The summed E-state index contributed by atoms with van der Waals surface area (Å²) in [6.45, 7) is 1.72. The Hall–Kier alpha value is -1.50. The molecule has 6 nitrogen and oxygen atoms in total. The number of methoxy groups -OCH3 is 1. The van der Waals surface area contributed by atoms with Crippen molar-refractivity contribution < 1.29 is 19.1 Å². The third-order valence-electron chi connectivity index (χ3n) is 2.45. The highest BCUT2D eigenvalue weighted by Crippen LogP contribution is 2.29. The molecule has 1 aromatic rings. The van der Waals surface area contributed by atoms with Crippen LogP contribution in [0.3, 0.4) is 0 Å². The van der Waals surface area contributed by atoms with Gasteiger partial charge in [-0.3, -0.25) is 4.79 Å². The second-order valence-electron chi connectivity index (χ2n) is 4.36. The van der Waals surface area contributed by atoms with Crippen molar-refractivity contribution in [3.05, 3.63) is 27.7 Å². The molecule has 116 valence electrons. The van der Waals surface area contributed by atoms with E-state index in [1.54, 1.807) is 6.92 Å². The van der Waals surface area contributed by atoms with Gasteiger partial charge in [0.2, 0.25) is 0 Å². The first-order chi connectivity index (χ1) is 9.85. The Labute approximate surface area is 132 Å². The highest BCUT2D eigenvalue weighted by Gasteiger charge is 2.15. The summed E-state index contributed by atoms with van der Waals surface area (Å²) in [5, 5.41) is 2.91. The Balaban J connectivity index is 2.56. The van der Waals surface area contributed by atoms with Crippen molar-refractivity contribution in [2.75, 3.05) is 26.1 Å². The molecular weight excluding hydrogens is 319 g/mol. The smallest absolute Gasteiger partial charge is 0.338 e. The lowest BCUT2D eigenvalue weighted by Gasteiger charge is -2.13. The topological polar surface area (TPSA) is 90.6 Å². The summed E-state index contributed by atoms with van der Waals surface area (Å²) >= 11 is 11.6. The van der Waals surface area contributed by atoms with Crippen LogP contribution in [0.4, 0.5) is 5.69 Å². The maximum absolute atomic E-state index is 11.8. The molecule has 0 radical (unpaired) electrons. The van der Waals surface area contributed by atoms with Crippen LogP contribution in [-0.4, -0.2) is 38.2 Å². The minimum absolute atomic E-state index is 0.125. The number of nitrogens with one attached hydrogen (secondary N) is 1. The molecule has 0 bridgehead atoms. The number of carbonyl (C=O) groups excluding carboxylic acids is 2. The average Bonchev–Trinajstić information content (AvgIpc) is 2.41. The van der Waals surface area contributed by atoms with Crippen LogP contribution in [0.5, 0.6) is 0 Å². The molecule has 1 unspecified atom stereocenters. The number of esters is 1. The summed E-state index contributed by atoms with van der Waals surface area (Å²) in [5.74, 6) is -1.14. The minimum atomic E-state index is -0.713. The predicted octanol–water partition coefficient (Wildman–Crippen LogP) is 1.88. The Kier molecular flexibility index (Phi) is 6.74. The Bertz CT molecular complexity index is 514. The summed E-state index contributed by atoms with van der Waals surface area (Å²) in [7, 11) is 1.53. The van der Waals surface area contributed by atoms with E-state index in [4.69, 9.17) is 38.4 Å². The number of ether oxygens (including phenoxy) is 2. The van der Waals surface area contributed by atoms with Gasteiger partial charge in [0.15, 0.2) is 6.61 Å². The van der Waals surface area contributed by atoms with Crippen molar-refractivity contribution in [1.82, 2.24) is 5.32 Å². The summed E-state index contributed by atoms with van der Waals surface area (Å²) in [4.78, 5) is 23.3. The fraction of sp³-hybridized carbons (Fsp3) is 0.385. The Morgan fingerprint density at radius 3 is 2.62 bits per heavy atom. The maximum Gasteiger partial charge on any atom is 0.338 e. The predicted molar refractivity (Wildman–Crippen MR) is 80.6 cm³/mol. The molecule has 1 rings (SSSR count). The Morgan fingerprint density at radius 2 is 2.05 bits per heavy atom. The van der Waals surface area contributed by atoms with Gasteiger partial charge in [-0.15, -0.1) is 0 Å². The zero-order valence-corrected chi connectivity index (χ0v) is 13.1. The summed E-state index contributed by atoms with van der Waals surface area (Å²) in [5.41, 5.74) is 5.88. The summed E-state index contributed by atoms with van der Waals surface area (Å²) in [6.07, 6.45) is 0. The van der Waals surface area contributed by atoms with Crippen LogP contribution in [-0.2, 0) is 14.3 Å². The second-order valence-corrected chi connectivity index (χ2v) is 5.15. The van der Waals surface area contributed by atoms with E-state index >= 15 is 0 Å². The number of rotatable bonds is 6. The van der Waals surface area contributed by atoms with Crippen molar-refractivity contribution >= 4 is 40.8 Å². The molecule has 0 aliphatic heterocycles. The fourth-order valence-electron chi connectivity index (χ4n) is 1.55. The summed E-state index contributed by atoms with van der Waals surface area (Å²) < 4.78 is 9.74. The van der Waals surface area contributed by atoms with Gasteiger partial charge in [-0.05, 0) is 19.1 Å². The van der Waals surface area contributed by atoms with E-state index in [1.165, 1.54) is 19.2 Å². The quantitative estimate of drug-likeness (QED) is 0.612. The number of nitrogen functional groups attached to an aromatic ring is 1. The van der Waals surface area contributed by atoms with Crippen LogP contribution >= 0.6 is 23.2 Å². The molecule has 8 heteroatoms. The van der Waals surface area contributed by atoms with E-state index in [0.717, 1.165) is 0 Å². The van der Waals surface area contributed by atoms with Gasteiger partial charge >= 0.3 is 5.97 Å². The van der Waals surface area contributed by atoms with Crippen molar-refractivity contribution in [1.29, 1.82) is 0 Å². The van der Waals surface area contributed by atoms with Crippen molar-refractivity contribution in [2.24, 2.45) is 0 Å². The molecule has 0 aliphatic rings. The number of benzene rings is 1. The van der Waals surface area contributed by atoms with Gasteiger partial charge in [0.05, 0.1) is 27.9 Å². The molecular formula is C13H16Cl2N2O4. The van der Waals surface area contributed by atoms with E-state index in [9.17, 15) is 9.59 Å². The van der Waals surface area contributed by atoms with Gasteiger partial charge in [0.1, 0.15) is 0 Å². The number of nitrogens with two attached hydrogens (primary N) is 1. The van der Waals surface area contributed by atoms with Crippen LogP contribution in [0.1, 0.15) is 17.3 Å². The van der Waals surface area contributed by atoms with Crippen molar-refractivity contribution in [2.45, 2.75) is 13.0 Å². The standard InChI is InChI=1S/C13H16Cl2N2O4/c1-7(5-20-2)17-11(18)6-21-13(19)8-3-9(14)12(15)10(16)4-8/h3-4,7H,5-6,16H2,1-2H3,(H,17,18). The molecule has 0 saturated heterocycles. The number of amides is 1. The van der Waals surface area contributed by atoms with Crippen LogP contribution in [0, 0.1) is 0 Å². The molecule has 0 saturated carbocycles. The average molecular weight is 335 g/mol.